The van der Waals surface area contributed by atoms with Gasteiger partial charge in [-0.3, -0.25) is 4.68 Å². The van der Waals surface area contributed by atoms with Crippen LogP contribution in [-0.2, 0) is 6.54 Å². The fraction of sp³-hybridized carbons (Fsp3) is 0.824. The van der Waals surface area contributed by atoms with Crippen molar-refractivity contribution in [2.45, 2.75) is 84.7 Å². The highest BCUT2D eigenvalue weighted by atomic mass is 35.5. The van der Waals surface area contributed by atoms with Crippen LogP contribution in [-0.4, -0.2) is 16.3 Å². The molecule has 1 heterocycles. The number of halogens is 1. The molecular formula is C17H32ClN3. The fourth-order valence-electron chi connectivity index (χ4n) is 2.82. The minimum absolute atomic E-state index is 0.336. The van der Waals surface area contributed by atoms with Crippen LogP contribution in [0.3, 0.4) is 0 Å². The maximum Gasteiger partial charge on any atom is 0.0834 e. The van der Waals surface area contributed by atoms with Crippen LogP contribution < -0.4 is 5.32 Å². The third-order valence-electron chi connectivity index (χ3n) is 3.90. The van der Waals surface area contributed by atoms with Crippen molar-refractivity contribution in [2.75, 3.05) is 6.54 Å². The second-order valence-corrected chi connectivity index (χ2v) is 6.17. The van der Waals surface area contributed by atoms with Crippen molar-refractivity contribution >= 4 is 11.6 Å². The summed E-state index contributed by atoms with van der Waals surface area (Å²) in [4.78, 5) is 0. The number of aryl methyl sites for hydroxylation is 1. The highest BCUT2D eigenvalue weighted by Gasteiger charge is 2.19. The Hall–Kier alpha value is -0.540. The van der Waals surface area contributed by atoms with Crippen LogP contribution in [0.1, 0.15) is 83.9 Å². The van der Waals surface area contributed by atoms with Gasteiger partial charge >= 0.3 is 0 Å². The van der Waals surface area contributed by atoms with Crippen molar-refractivity contribution < 1.29 is 0 Å². The van der Waals surface area contributed by atoms with Gasteiger partial charge in [-0.1, -0.05) is 70.9 Å². The van der Waals surface area contributed by atoms with E-state index in [9.17, 15) is 0 Å². The van der Waals surface area contributed by atoms with Gasteiger partial charge in [0.05, 0.1) is 23.0 Å². The monoisotopic (exact) mass is 313 g/mol. The number of aromatic nitrogens is 2. The summed E-state index contributed by atoms with van der Waals surface area (Å²) in [7, 11) is 0. The molecule has 0 spiro atoms. The van der Waals surface area contributed by atoms with Crippen LogP contribution in [0.15, 0.2) is 6.20 Å². The molecule has 1 aromatic heterocycles. The van der Waals surface area contributed by atoms with Gasteiger partial charge in [0, 0.05) is 6.54 Å². The van der Waals surface area contributed by atoms with E-state index >= 15 is 0 Å². The number of nitrogens with zero attached hydrogens (tertiary/aromatic N) is 2. The summed E-state index contributed by atoms with van der Waals surface area (Å²) in [5.74, 6) is 0. The molecule has 3 nitrogen and oxygen atoms in total. The first-order valence-electron chi connectivity index (χ1n) is 8.69. The standard InChI is InChI=1S/C17H32ClN3/c1-4-7-8-9-10-11-12-16(19-6-3)17-15(18)14-20-21(17)13-5-2/h14,16,19H,4-13H2,1-3H3. The zero-order chi connectivity index (χ0) is 15.5. The first-order valence-corrected chi connectivity index (χ1v) is 9.06. The molecule has 0 aliphatic rings. The van der Waals surface area contributed by atoms with Crippen LogP contribution in [0, 0.1) is 0 Å². The van der Waals surface area contributed by atoms with E-state index < -0.39 is 0 Å². The molecule has 0 aromatic carbocycles. The third kappa shape index (κ3) is 6.39. The van der Waals surface area contributed by atoms with E-state index in [4.69, 9.17) is 11.6 Å². The molecular weight excluding hydrogens is 282 g/mol. The Labute approximate surface area is 135 Å². The molecule has 0 radical (unpaired) electrons. The Bertz CT molecular complexity index is 376. The lowest BCUT2D eigenvalue weighted by Crippen LogP contribution is -2.24. The number of rotatable bonds is 12. The molecule has 0 saturated heterocycles. The van der Waals surface area contributed by atoms with Gasteiger partial charge < -0.3 is 5.32 Å². The zero-order valence-corrected chi connectivity index (χ0v) is 14.8. The van der Waals surface area contributed by atoms with Gasteiger partial charge in [-0.15, -0.1) is 0 Å². The summed E-state index contributed by atoms with van der Waals surface area (Å²) in [5, 5.41) is 8.81. The zero-order valence-electron chi connectivity index (χ0n) is 14.0. The van der Waals surface area contributed by atoms with E-state index in [0.717, 1.165) is 31.0 Å². The van der Waals surface area contributed by atoms with Gasteiger partial charge in [0.2, 0.25) is 0 Å². The average molecular weight is 314 g/mol. The molecule has 21 heavy (non-hydrogen) atoms. The Morgan fingerprint density at radius 3 is 2.48 bits per heavy atom. The predicted molar refractivity (Wildman–Crippen MR) is 91.9 cm³/mol. The summed E-state index contributed by atoms with van der Waals surface area (Å²) < 4.78 is 2.08. The summed E-state index contributed by atoms with van der Waals surface area (Å²) in [6.45, 7) is 8.50. The third-order valence-corrected chi connectivity index (χ3v) is 4.19. The summed E-state index contributed by atoms with van der Waals surface area (Å²) >= 11 is 6.37. The lowest BCUT2D eigenvalue weighted by Gasteiger charge is -2.20. The number of unbranched alkanes of at least 4 members (excludes halogenated alkanes) is 5. The van der Waals surface area contributed by atoms with Gasteiger partial charge in [-0.05, 0) is 19.4 Å². The normalized spacial score (nSPS) is 12.8. The summed E-state index contributed by atoms with van der Waals surface area (Å²) in [6, 6.07) is 0.336. The van der Waals surface area contributed by atoms with Crippen molar-refractivity contribution in [2.24, 2.45) is 0 Å². The number of hydrogen-bond donors (Lipinski definition) is 1. The van der Waals surface area contributed by atoms with Crippen molar-refractivity contribution in [3.63, 3.8) is 0 Å². The van der Waals surface area contributed by atoms with E-state index in [2.05, 4.69) is 35.9 Å². The maximum absolute atomic E-state index is 6.37. The van der Waals surface area contributed by atoms with Crippen LogP contribution >= 0.6 is 11.6 Å². The Morgan fingerprint density at radius 1 is 1.10 bits per heavy atom. The Balaban J connectivity index is 2.54. The topological polar surface area (TPSA) is 29.9 Å². The van der Waals surface area contributed by atoms with E-state index in [-0.39, 0.29) is 0 Å². The molecule has 122 valence electrons. The number of hydrogen-bond acceptors (Lipinski definition) is 2. The van der Waals surface area contributed by atoms with Gasteiger partial charge in [0.25, 0.3) is 0 Å². The minimum Gasteiger partial charge on any atom is -0.309 e. The molecule has 1 N–H and O–H groups in total. The smallest absolute Gasteiger partial charge is 0.0834 e. The first-order chi connectivity index (χ1) is 10.2. The molecule has 0 aliphatic heterocycles. The molecule has 0 bridgehead atoms. The quantitative estimate of drug-likeness (QED) is 0.527. The van der Waals surface area contributed by atoms with Crippen molar-refractivity contribution in [3.8, 4) is 0 Å². The predicted octanol–water partition coefficient (Wildman–Crippen LogP) is 5.35. The van der Waals surface area contributed by atoms with Gasteiger partial charge in [0.1, 0.15) is 0 Å². The van der Waals surface area contributed by atoms with Crippen LogP contribution in [0.5, 0.6) is 0 Å². The molecule has 4 heteroatoms. The van der Waals surface area contributed by atoms with Crippen LogP contribution in [0.2, 0.25) is 5.02 Å². The number of nitrogens with one attached hydrogen (secondary N) is 1. The van der Waals surface area contributed by atoms with E-state index in [1.165, 1.54) is 44.2 Å². The first kappa shape index (κ1) is 18.5. The van der Waals surface area contributed by atoms with Gasteiger partial charge in [-0.2, -0.15) is 5.10 Å². The SMILES string of the molecule is CCCCCCCCC(NCC)c1c(Cl)cnn1CCC. The van der Waals surface area contributed by atoms with Crippen LogP contribution in [0.25, 0.3) is 0 Å². The fourth-order valence-corrected chi connectivity index (χ4v) is 3.09. The molecule has 0 saturated carbocycles. The Morgan fingerprint density at radius 2 is 1.81 bits per heavy atom. The lowest BCUT2D eigenvalue weighted by atomic mass is 10.0. The van der Waals surface area contributed by atoms with Gasteiger partial charge in [-0.25, -0.2) is 0 Å². The van der Waals surface area contributed by atoms with Crippen molar-refractivity contribution in [1.29, 1.82) is 0 Å². The highest BCUT2D eigenvalue weighted by Crippen LogP contribution is 2.27. The van der Waals surface area contributed by atoms with Crippen LogP contribution in [0.4, 0.5) is 0 Å². The van der Waals surface area contributed by atoms with E-state index in [1.807, 2.05) is 0 Å². The molecule has 1 aromatic rings. The maximum atomic E-state index is 6.37. The lowest BCUT2D eigenvalue weighted by molar-refractivity contribution is 0.437. The van der Waals surface area contributed by atoms with Gasteiger partial charge in [0.15, 0.2) is 0 Å². The molecule has 0 fully saturated rings. The average Bonchev–Trinajstić information content (AvgIpc) is 2.83. The summed E-state index contributed by atoms with van der Waals surface area (Å²) in [6.07, 6.45) is 12.0. The van der Waals surface area contributed by atoms with E-state index in [0.29, 0.717) is 6.04 Å². The van der Waals surface area contributed by atoms with Crippen molar-refractivity contribution in [3.05, 3.63) is 16.9 Å². The second-order valence-electron chi connectivity index (χ2n) is 5.77. The minimum atomic E-state index is 0.336. The van der Waals surface area contributed by atoms with Crippen molar-refractivity contribution in [1.82, 2.24) is 15.1 Å². The van der Waals surface area contributed by atoms with E-state index in [1.54, 1.807) is 6.20 Å². The highest BCUT2D eigenvalue weighted by molar-refractivity contribution is 6.31. The summed E-state index contributed by atoms with van der Waals surface area (Å²) in [5.41, 5.74) is 1.17. The molecule has 1 atom stereocenters. The largest absolute Gasteiger partial charge is 0.309 e. The molecule has 0 aliphatic carbocycles. The molecule has 1 unspecified atom stereocenters. The molecule has 0 amide bonds. The Kier molecular flexibility index (Phi) is 9.77. The molecule has 1 rings (SSSR count). The second kappa shape index (κ2) is 11.1.